The van der Waals surface area contributed by atoms with Crippen molar-refractivity contribution >= 4 is 5.91 Å². The van der Waals surface area contributed by atoms with Crippen LogP contribution in [-0.2, 0) is 4.74 Å². The van der Waals surface area contributed by atoms with E-state index in [1.165, 1.54) is 5.56 Å². The Morgan fingerprint density at radius 3 is 2.62 bits per heavy atom. The first-order valence-electron chi connectivity index (χ1n) is 8.61. The Balaban J connectivity index is 2.01. The third-order valence-electron chi connectivity index (χ3n) is 5.08. The van der Waals surface area contributed by atoms with Crippen LogP contribution in [0, 0.1) is 25.7 Å². The molecule has 1 saturated heterocycles. The van der Waals surface area contributed by atoms with Crippen molar-refractivity contribution in [1.29, 1.82) is 0 Å². The van der Waals surface area contributed by atoms with Gasteiger partial charge in [0.25, 0.3) is 5.91 Å². The van der Waals surface area contributed by atoms with Gasteiger partial charge in [0.2, 0.25) is 0 Å². The van der Waals surface area contributed by atoms with Crippen LogP contribution in [0.2, 0.25) is 0 Å². The minimum Gasteiger partial charge on any atom is -0.396 e. The molecule has 0 aromatic heterocycles. The van der Waals surface area contributed by atoms with Gasteiger partial charge in [-0.15, -0.1) is 0 Å². The zero-order valence-electron chi connectivity index (χ0n) is 15.3. The fourth-order valence-electron chi connectivity index (χ4n) is 3.31. The summed E-state index contributed by atoms with van der Waals surface area (Å²) in [5, 5.41) is 9.69. The molecule has 0 unspecified atom stereocenters. The van der Waals surface area contributed by atoms with Crippen molar-refractivity contribution in [3.05, 3.63) is 34.9 Å². The molecule has 5 heteroatoms. The highest BCUT2D eigenvalue weighted by Gasteiger charge is 2.35. The average molecular weight is 334 g/mol. The lowest BCUT2D eigenvalue weighted by atomic mass is 9.96. The Hall–Kier alpha value is -1.43. The average Bonchev–Trinajstić information content (AvgIpc) is 2.97. The summed E-state index contributed by atoms with van der Waals surface area (Å²) in [4.78, 5) is 16.9. The van der Waals surface area contributed by atoms with E-state index in [-0.39, 0.29) is 18.4 Å². The summed E-state index contributed by atoms with van der Waals surface area (Å²) in [7, 11) is 3.76. The molecule has 2 rings (SSSR count). The topological polar surface area (TPSA) is 53.0 Å². The van der Waals surface area contributed by atoms with Crippen LogP contribution < -0.4 is 0 Å². The highest BCUT2D eigenvalue weighted by molar-refractivity contribution is 5.94. The molecule has 1 N–H and O–H groups in total. The van der Waals surface area contributed by atoms with E-state index in [0.29, 0.717) is 25.6 Å². The monoisotopic (exact) mass is 334 g/mol. The number of benzene rings is 1. The molecule has 2 atom stereocenters. The summed E-state index contributed by atoms with van der Waals surface area (Å²) in [5.41, 5.74) is 3.07. The molecule has 1 fully saturated rings. The molecule has 0 spiro atoms. The Bertz CT molecular complexity index is 562. The van der Waals surface area contributed by atoms with Gasteiger partial charge in [0.15, 0.2) is 0 Å². The second-order valence-electron chi connectivity index (χ2n) is 6.97. The highest BCUT2D eigenvalue weighted by atomic mass is 16.5. The van der Waals surface area contributed by atoms with E-state index in [4.69, 9.17) is 4.74 Å². The van der Waals surface area contributed by atoms with Crippen LogP contribution in [0.4, 0.5) is 0 Å². The van der Waals surface area contributed by atoms with Crippen LogP contribution in [0.3, 0.4) is 0 Å². The SMILES string of the molecule is COCCN(C)C[C@@H]1CN(C(=O)c2ccc(C)c(C)c2)C[C@@H]1CO. The molecule has 0 aliphatic carbocycles. The number of methoxy groups -OCH3 is 1. The van der Waals surface area contributed by atoms with Gasteiger partial charge in [0, 0.05) is 51.4 Å². The van der Waals surface area contributed by atoms with E-state index in [2.05, 4.69) is 11.9 Å². The van der Waals surface area contributed by atoms with Gasteiger partial charge in [-0.25, -0.2) is 0 Å². The molecule has 1 aromatic carbocycles. The third-order valence-corrected chi connectivity index (χ3v) is 5.08. The maximum atomic E-state index is 12.8. The number of likely N-dealkylation sites (N-methyl/N-ethyl adjacent to an activating group) is 1. The number of nitrogens with zero attached hydrogens (tertiary/aromatic N) is 2. The predicted octanol–water partition coefficient (Wildman–Crippen LogP) is 1.56. The summed E-state index contributed by atoms with van der Waals surface area (Å²) in [6.07, 6.45) is 0. The van der Waals surface area contributed by atoms with Crippen molar-refractivity contribution in [2.45, 2.75) is 13.8 Å². The maximum absolute atomic E-state index is 12.8. The summed E-state index contributed by atoms with van der Waals surface area (Å²) in [6, 6.07) is 5.86. The first kappa shape index (κ1) is 18.9. The van der Waals surface area contributed by atoms with Gasteiger partial charge < -0.3 is 19.6 Å². The van der Waals surface area contributed by atoms with Gasteiger partial charge in [-0.05, 0) is 50.1 Å². The van der Waals surface area contributed by atoms with Crippen LogP contribution in [0.25, 0.3) is 0 Å². The van der Waals surface area contributed by atoms with E-state index in [9.17, 15) is 9.90 Å². The normalized spacial score (nSPS) is 20.8. The van der Waals surface area contributed by atoms with Crippen LogP contribution in [-0.4, -0.2) is 74.4 Å². The van der Waals surface area contributed by atoms with Crippen LogP contribution in [0.1, 0.15) is 21.5 Å². The minimum atomic E-state index is 0.0681. The fraction of sp³-hybridized carbons (Fsp3) is 0.632. The molecular weight excluding hydrogens is 304 g/mol. The van der Waals surface area contributed by atoms with E-state index in [1.54, 1.807) is 7.11 Å². The maximum Gasteiger partial charge on any atom is 0.253 e. The van der Waals surface area contributed by atoms with Gasteiger partial charge in [-0.1, -0.05) is 6.07 Å². The van der Waals surface area contributed by atoms with E-state index in [0.717, 1.165) is 24.2 Å². The number of aliphatic hydroxyl groups excluding tert-OH is 1. The molecule has 1 aliphatic rings. The summed E-state index contributed by atoms with van der Waals surface area (Å²) in [6.45, 7) is 7.95. The number of amides is 1. The summed E-state index contributed by atoms with van der Waals surface area (Å²) < 4.78 is 5.11. The molecule has 1 heterocycles. The van der Waals surface area contributed by atoms with Gasteiger partial charge in [-0.3, -0.25) is 4.79 Å². The first-order valence-corrected chi connectivity index (χ1v) is 8.61. The highest BCUT2D eigenvalue weighted by Crippen LogP contribution is 2.26. The molecule has 134 valence electrons. The summed E-state index contributed by atoms with van der Waals surface area (Å²) in [5.74, 6) is 0.511. The van der Waals surface area contributed by atoms with E-state index in [1.807, 2.05) is 36.9 Å². The molecule has 0 radical (unpaired) electrons. The molecule has 0 bridgehead atoms. The predicted molar refractivity (Wildman–Crippen MR) is 95.3 cm³/mol. The quantitative estimate of drug-likeness (QED) is 0.822. The number of aryl methyl sites for hydroxylation is 2. The lowest BCUT2D eigenvalue weighted by Crippen LogP contribution is -2.33. The Kier molecular flexibility index (Phi) is 6.78. The Morgan fingerprint density at radius 2 is 2.00 bits per heavy atom. The summed E-state index contributed by atoms with van der Waals surface area (Å²) >= 11 is 0. The molecule has 5 nitrogen and oxygen atoms in total. The molecule has 1 aliphatic heterocycles. The first-order chi connectivity index (χ1) is 11.5. The lowest BCUT2D eigenvalue weighted by molar-refractivity contribution is 0.0778. The van der Waals surface area contributed by atoms with Gasteiger partial charge >= 0.3 is 0 Å². The minimum absolute atomic E-state index is 0.0681. The zero-order valence-corrected chi connectivity index (χ0v) is 15.3. The third kappa shape index (κ3) is 4.56. The molecule has 24 heavy (non-hydrogen) atoms. The van der Waals surface area contributed by atoms with Crippen molar-refractivity contribution in [2.75, 3.05) is 53.6 Å². The number of likely N-dealkylation sites (tertiary alicyclic amines) is 1. The van der Waals surface area contributed by atoms with Crippen molar-refractivity contribution in [2.24, 2.45) is 11.8 Å². The van der Waals surface area contributed by atoms with Crippen molar-refractivity contribution < 1.29 is 14.6 Å². The Morgan fingerprint density at radius 1 is 1.29 bits per heavy atom. The lowest BCUT2D eigenvalue weighted by Gasteiger charge is -2.23. The van der Waals surface area contributed by atoms with Gasteiger partial charge in [0.1, 0.15) is 0 Å². The number of carbonyl (C=O) groups excluding carboxylic acids is 1. The fourth-order valence-corrected chi connectivity index (χ4v) is 3.31. The van der Waals surface area contributed by atoms with E-state index >= 15 is 0 Å². The standard InChI is InChI=1S/C19H30N2O3/c1-14-5-6-16(9-15(14)2)19(23)21-11-17(18(12-21)13-22)10-20(3)7-8-24-4/h5-6,9,17-18,22H,7-8,10-13H2,1-4H3/t17-,18-/m1/s1. The Labute approximate surface area is 145 Å². The number of carbonyl (C=O) groups is 1. The van der Waals surface area contributed by atoms with Crippen molar-refractivity contribution in [1.82, 2.24) is 9.80 Å². The number of hydrogen-bond donors (Lipinski definition) is 1. The number of rotatable bonds is 7. The van der Waals surface area contributed by atoms with Crippen LogP contribution in [0.15, 0.2) is 18.2 Å². The molecule has 1 amide bonds. The number of aliphatic hydroxyl groups is 1. The zero-order chi connectivity index (χ0) is 17.7. The van der Waals surface area contributed by atoms with E-state index < -0.39 is 0 Å². The van der Waals surface area contributed by atoms with Crippen molar-refractivity contribution in [3.63, 3.8) is 0 Å². The molecule has 0 saturated carbocycles. The van der Waals surface area contributed by atoms with Crippen LogP contribution >= 0.6 is 0 Å². The molecule has 1 aromatic rings. The van der Waals surface area contributed by atoms with Crippen LogP contribution in [0.5, 0.6) is 0 Å². The number of hydrogen-bond acceptors (Lipinski definition) is 4. The molecular formula is C19H30N2O3. The van der Waals surface area contributed by atoms with Gasteiger partial charge in [-0.2, -0.15) is 0 Å². The second kappa shape index (κ2) is 8.60. The van der Waals surface area contributed by atoms with Gasteiger partial charge in [0.05, 0.1) is 6.61 Å². The smallest absolute Gasteiger partial charge is 0.253 e. The largest absolute Gasteiger partial charge is 0.396 e. The van der Waals surface area contributed by atoms with Crippen molar-refractivity contribution in [3.8, 4) is 0 Å². The number of ether oxygens (including phenoxy) is 1. The second-order valence-corrected chi connectivity index (χ2v) is 6.97.